The van der Waals surface area contributed by atoms with Gasteiger partial charge in [0.05, 0.1) is 4.90 Å². The lowest BCUT2D eigenvalue weighted by Gasteiger charge is -2.16. The van der Waals surface area contributed by atoms with Crippen LogP contribution in [0.3, 0.4) is 0 Å². The summed E-state index contributed by atoms with van der Waals surface area (Å²) in [6.45, 7) is 0. The van der Waals surface area contributed by atoms with E-state index in [0.717, 1.165) is 30.6 Å². The molecule has 2 N–H and O–H groups in total. The average Bonchev–Trinajstić information content (AvgIpc) is 3.12. The number of hydrogen-bond acceptors (Lipinski definition) is 4. The minimum absolute atomic E-state index is 0.0714. The Morgan fingerprint density at radius 2 is 1.79 bits per heavy atom. The lowest BCUT2D eigenvalue weighted by molar-refractivity contribution is 0.416. The van der Waals surface area contributed by atoms with Crippen LogP contribution in [0.15, 0.2) is 76.1 Å². The molecule has 144 valence electrons. The molecule has 28 heavy (non-hydrogen) atoms. The number of rotatable bonds is 5. The van der Waals surface area contributed by atoms with Gasteiger partial charge in [-0.05, 0) is 30.9 Å². The van der Waals surface area contributed by atoms with Crippen LogP contribution in [0.2, 0.25) is 0 Å². The van der Waals surface area contributed by atoms with Crippen molar-refractivity contribution in [1.29, 1.82) is 0 Å². The molecular weight excluding hydrogens is 372 g/mol. The van der Waals surface area contributed by atoms with Gasteiger partial charge >= 0.3 is 0 Å². The highest BCUT2D eigenvalue weighted by molar-refractivity contribution is 7.89. The molecule has 0 radical (unpaired) electrons. The summed E-state index contributed by atoms with van der Waals surface area (Å²) >= 11 is 0. The quantitative estimate of drug-likeness (QED) is 0.650. The molecule has 0 bridgehead atoms. The lowest BCUT2D eigenvalue weighted by atomic mass is 9.90. The summed E-state index contributed by atoms with van der Waals surface area (Å²) in [7, 11) is -3.87. The van der Waals surface area contributed by atoms with Gasteiger partial charge in [0.2, 0.25) is 10.0 Å². The van der Waals surface area contributed by atoms with Crippen LogP contribution in [-0.2, 0) is 16.4 Å². The van der Waals surface area contributed by atoms with E-state index in [2.05, 4.69) is 12.2 Å². The Balaban J connectivity index is 1.83. The molecule has 5 nitrogen and oxygen atoms in total. The van der Waals surface area contributed by atoms with Crippen molar-refractivity contribution < 1.29 is 12.8 Å². The number of sulfonamides is 1. The number of benzene rings is 2. The van der Waals surface area contributed by atoms with Crippen molar-refractivity contribution in [1.82, 2.24) is 4.98 Å². The van der Waals surface area contributed by atoms with E-state index in [1.807, 2.05) is 30.3 Å². The molecular formula is C22H22N2O3S. The molecule has 1 aromatic heterocycles. The maximum Gasteiger partial charge on any atom is 0.238 e. The first-order chi connectivity index (χ1) is 13.5. The SMILES string of the molecule is NS(=O)(=O)c1ccccc1-c1nc(Cc2ccccc2)oc1C1CC=CCC1. The average molecular weight is 394 g/mol. The molecule has 1 aliphatic rings. The topological polar surface area (TPSA) is 86.2 Å². The number of primary sulfonamides is 1. The summed E-state index contributed by atoms with van der Waals surface area (Å²) in [6.07, 6.45) is 7.62. The molecule has 1 atom stereocenters. The third-order valence-corrected chi connectivity index (χ3v) is 5.95. The normalized spacial score (nSPS) is 17.0. The van der Waals surface area contributed by atoms with Gasteiger partial charge in [-0.25, -0.2) is 18.5 Å². The van der Waals surface area contributed by atoms with Gasteiger partial charge in [0.25, 0.3) is 0 Å². The van der Waals surface area contributed by atoms with E-state index in [1.165, 1.54) is 6.07 Å². The summed E-state index contributed by atoms with van der Waals surface area (Å²) in [4.78, 5) is 4.79. The van der Waals surface area contributed by atoms with E-state index < -0.39 is 10.0 Å². The van der Waals surface area contributed by atoms with Crippen molar-refractivity contribution in [2.45, 2.75) is 36.5 Å². The first kappa shape index (κ1) is 18.7. The summed E-state index contributed by atoms with van der Waals surface area (Å²) in [6, 6.07) is 16.7. The molecule has 6 heteroatoms. The van der Waals surface area contributed by atoms with Gasteiger partial charge in [0.1, 0.15) is 11.5 Å². The number of hydrogen-bond donors (Lipinski definition) is 1. The van der Waals surface area contributed by atoms with Crippen LogP contribution in [0.4, 0.5) is 0 Å². The molecule has 4 rings (SSSR count). The Hall–Kier alpha value is -2.70. The third kappa shape index (κ3) is 3.93. The minimum atomic E-state index is -3.87. The highest BCUT2D eigenvalue weighted by Gasteiger charge is 2.27. The zero-order valence-corrected chi connectivity index (χ0v) is 16.2. The zero-order chi connectivity index (χ0) is 19.6. The number of aromatic nitrogens is 1. The predicted octanol–water partition coefficient (Wildman–Crippen LogP) is 4.40. The number of nitrogens with zero attached hydrogens (tertiary/aromatic N) is 1. The zero-order valence-electron chi connectivity index (χ0n) is 15.4. The van der Waals surface area contributed by atoms with E-state index in [9.17, 15) is 8.42 Å². The van der Waals surface area contributed by atoms with Crippen LogP contribution >= 0.6 is 0 Å². The third-order valence-electron chi connectivity index (χ3n) is 4.98. The Labute approximate surface area is 165 Å². The lowest BCUT2D eigenvalue weighted by Crippen LogP contribution is -2.13. The Morgan fingerprint density at radius 3 is 2.50 bits per heavy atom. The second kappa shape index (κ2) is 7.73. The van der Waals surface area contributed by atoms with Crippen LogP contribution in [0.1, 0.15) is 42.4 Å². The standard InChI is InChI=1S/C22H22N2O3S/c23-28(25,26)19-14-8-7-13-18(19)21-22(17-11-5-2-6-12-17)27-20(24-21)15-16-9-3-1-4-10-16/h1-5,7-10,13-14,17H,6,11-12,15H2,(H2,23,25,26). The van der Waals surface area contributed by atoms with Crippen LogP contribution in [0.25, 0.3) is 11.3 Å². The number of oxazole rings is 1. The van der Waals surface area contributed by atoms with E-state index in [0.29, 0.717) is 23.6 Å². The fraction of sp³-hybridized carbons (Fsp3) is 0.227. The fourth-order valence-electron chi connectivity index (χ4n) is 3.64. The number of allylic oxidation sites excluding steroid dienone is 2. The summed E-state index contributed by atoms with van der Waals surface area (Å²) in [5.41, 5.74) is 2.17. The van der Waals surface area contributed by atoms with Gasteiger partial charge in [0, 0.05) is 17.9 Å². The van der Waals surface area contributed by atoms with Gasteiger partial charge in [-0.1, -0.05) is 60.7 Å². The van der Waals surface area contributed by atoms with Crippen molar-refractivity contribution in [2.75, 3.05) is 0 Å². The highest BCUT2D eigenvalue weighted by Crippen LogP contribution is 2.38. The van der Waals surface area contributed by atoms with E-state index in [4.69, 9.17) is 14.5 Å². The van der Waals surface area contributed by atoms with Gasteiger partial charge in [-0.3, -0.25) is 0 Å². The number of nitrogens with two attached hydrogens (primary N) is 1. The molecule has 1 unspecified atom stereocenters. The summed E-state index contributed by atoms with van der Waals surface area (Å²) < 4.78 is 30.4. The second-order valence-corrected chi connectivity index (χ2v) is 8.54. The molecule has 0 spiro atoms. The van der Waals surface area contributed by atoms with Gasteiger partial charge < -0.3 is 4.42 Å². The first-order valence-corrected chi connectivity index (χ1v) is 10.9. The smallest absolute Gasteiger partial charge is 0.238 e. The van der Waals surface area contributed by atoms with E-state index >= 15 is 0 Å². The molecule has 0 aliphatic heterocycles. The van der Waals surface area contributed by atoms with Gasteiger partial charge in [0.15, 0.2) is 5.89 Å². The molecule has 0 saturated heterocycles. The molecule has 0 saturated carbocycles. The molecule has 2 aromatic carbocycles. The van der Waals surface area contributed by atoms with Crippen molar-refractivity contribution in [3.05, 3.63) is 84.0 Å². The summed E-state index contributed by atoms with van der Waals surface area (Å²) in [5.74, 6) is 1.49. The van der Waals surface area contributed by atoms with Crippen LogP contribution < -0.4 is 5.14 Å². The monoisotopic (exact) mass is 394 g/mol. The maximum atomic E-state index is 12.1. The van der Waals surface area contributed by atoms with Crippen molar-refractivity contribution in [2.24, 2.45) is 5.14 Å². The molecule has 3 aromatic rings. The Morgan fingerprint density at radius 1 is 1.04 bits per heavy atom. The molecule has 1 aliphatic carbocycles. The molecule has 1 heterocycles. The van der Waals surface area contributed by atoms with Crippen LogP contribution in [-0.4, -0.2) is 13.4 Å². The largest absolute Gasteiger partial charge is 0.444 e. The van der Waals surface area contributed by atoms with Crippen LogP contribution in [0, 0.1) is 0 Å². The maximum absolute atomic E-state index is 12.1. The van der Waals surface area contributed by atoms with E-state index in [-0.39, 0.29) is 10.8 Å². The second-order valence-electron chi connectivity index (χ2n) is 7.01. The fourth-order valence-corrected chi connectivity index (χ4v) is 4.38. The van der Waals surface area contributed by atoms with Gasteiger partial charge in [-0.15, -0.1) is 0 Å². The van der Waals surface area contributed by atoms with Crippen LogP contribution in [0.5, 0.6) is 0 Å². The van der Waals surface area contributed by atoms with Crippen molar-refractivity contribution in [3.63, 3.8) is 0 Å². The first-order valence-electron chi connectivity index (χ1n) is 9.33. The minimum Gasteiger partial charge on any atom is -0.444 e. The van der Waals surface area contributed by atoms with Crippen molar-refractivity contribution >= 4 is 10.0 Å². The predicted molar refractivity (Wildman–Crippen MR) is 108 cm³/mol. The van der Waals surface area contributed by atoms with Crippen molar-refractivity contribution in [3.8, 4) is 11.3 Å². The highest BCUT2D eigenvalue weighted by atomic mass is 32.2. The Bertz CT molecular complexity index is 1100. The summed E-state index contributed by atoms with van der Waals surface area (Å²) in [5, 5.41) is 5.46. The van der Waals surface area contributed by atoms with E-state index in [1.54, 1.807) is 18.2 Å². The molecule has 0 amide bonds. The van der Waals surface area contributed by atoms with Gasteiger partial charge in [-0.2, -0.15) is 0 Å². The Kier molecular flexibility index (Phi) is 5.15. The molecule has 0 fully saturated rings.